The summed E-state index contributed by atoms with van der Waals surface area (Å²) in [4.78, 5) is 11.5. The molecule has 1 aromatic carbocycles. The summed E-state index contributed by atoms with van der Waals surface area (Å²) in [6.07, 6.45) is 1.72. The van der Waals surface area contributed by atoms with Crippen LogP contribution in [0.25, 0.3) is 10.9 Å². The molecule has 0 aliphatic carbocycles. The van der Waals surface area contributed by atoms with Gasteiger partial charge in [0.2, 0.25) is 5.91 Å². The predicted octanol–water partition coefficient (Wildman–Crippen LogP) is 2.73. The molecule has 0 bridgehead atoms. The van der Waals surface area contributed by atoms with Gasteiger partial charge >= 0.3 is 0 Å². The fraction of sp³-hybridized carbons (Fsp3) is 0.357. The highest BCUT2D eigenvalue weighted by Crippen LogP contribution is 2.37. The minimum absolute atomic E-state index is 0.104. The molecule has 2 aromatic rings. The molecule has 1 aliphatic heterocycles. The van der Waals surface area contributed by atoms with Gasteiger partial charge in [0.25, 0.3) is 0 Å². The Bertz CT molecular complexity index is 694. The maximum Gasteiger partial charge on any atom is 0.235 e. The van der Waals surface area contributed by atoms with Crippen molar-refractivity contribution in [3.05, 3.63) is 33.4 Å². The van der Waals surface area contributed by atoms with Crippen LogP contribution in [-0.4, -0.2) is 23.7 Å². The van der Waals surface area contributed by atoms with E-state index >= 15 is 0 Å². The third kappa shape index (κ3) is 2.18. The van der Waals surface area contributed by atoms with Crippen LogP contribution in [0.3, 0.4) is 0 Å². The summed E-state index contributed by atoms with van der Waals surface area (Å²) in [5.41, 5.74) is 6.06. The second-order valence-corrected chi connectivity index (χ2v) is 5.72. The van der Waals surface area contributed by atoms with Gasteiger partial charge < -0.3 is 5.32 Å². The highest BCUT2D eigenvalue weighted by molar-refractivity contribution is 6.45. The Morgan fingerprint density at radius 2 is 2.05 bits per heavy atom. The molecule has 3 rings (SSSR count). The van der Waals surface area contributed by atoms with Crippen LogP contribution in [0.1, 0.15) is 18.2 Å². The molecule has 4 nitrogen and oxygen atoms in total. The largest absolute Gasteiger partial charge is 0.316 e. The van der Waals surface area contributed by atoms with Gasteiger partial charge in [-0.1, -0.05) is 23.2 Å². The van der Waals surface area contributed by atoms with Crippen molar-refractivity contribution in [3.8, 4) is 0 Å². The van der Waals surface area contributed by atoms with E-state index < -0.39 is 0 Å². The number of amides is 1. The second-order valence-electron chi connectivity index (χ2n) is 4.93. The number of carbonyl (C=O) groups is 1. The molecule has 1 aliphatic rings. The predicted molar refractivity (Wildman–Crippen MR) is 82.3 cm³/mol. The average molecular weight is 312 g/mol. The number of benzene rings is 1. The molecule has 1 aromatic heterocycles. The lowest BCUT2D eigenvalue weighted by molar-refractivity contribution is -0.115. The maximum atomic E-state index is 11.5. The van der Waals surface area contributed by atoms with Gasteiger partial charge in [-0.25, -0.2) is 0 Å². The van der Waals surface area contributed by atoms with E-state index in [1.165, 1.54) is 12.5 Å². The Kier molecular flexibility index (Phi) is 3.63. The minimum Gasteiger partial charge on any atom is -0.316 e. The molecule has 0 unspecified atom stereocenters. The standard InChI is InChI=1S/C14H15Cl2N3O/c1-8(20)18-19-11-5-7-17-6-4-9(11)13-12(19)3-2-10(15)14(13)16/h2-3,17H,4-7H2,1H3,(H,18,20). The lowest BCUT2D eigenvalue weighted by Gasteiger charge is -2.10. The summed E-state index contributed by atoms with van der Waals surface area (Å²) < 4.78 is 1.85. The SMILES string of the molecule is CC(=O)Nn1c2c(c3c(Cl)c(Cl)ccc31)CCNCC2. The number of carbonyl (C=O) groups excluding carboxylic acids is 1. The Balaban J connectivity index is 2.33. The first-order valence-corrected chi connectivity index (χ1v) is 7.33. The summed E-state index contributed by atoms with van der Waals surface area (Å²) in [6, 6.07) is 3.67. The van der Waals surface area contributed by atoms with E-state index in [0.29, 0.717) is 10.0 Å². The Morgan fingerprint density at radius 3 is 2.80 bits per heavy atom. The van der Waals surface area contributed by atoms with Gasteiger partial charge in [0.1, 0.15) is 0 Å². The molecule has 2 N–H and O–H groups in total. The lowest BCUT2D eigenvalue weighted by atomic mass is 10.1. The van der Waals surface area contributed by atoms with E-state index in [0.717, 1.165) is 42.5 Å². The highest BCUT2D eigenvalue weighted by Gasteiger charge is 2.22. The summed E-state index contributed by atoms with van der Waals surface area (Å²) >= 11 is 12.5. The van der Waals surface area contributed by atoms with Gasteiger partial charge in [-0.2, -0.15) is 0 Å². The zero-order valence-corrected chi connectivity index (χ0v) is 12.6. The van der Waals surface area contributed by atoms with E-state index in [4.69, 9.17) is 23.2 Å². The molecule has 1 amide bonds. The first-order chi connectivity index (χ1) is 9.59. The van der Waals surface area contributed by atoms with E-state index in [9.17, 15) is 4.79 Å². The van der Waals surface area contributed by atoms with Crippen molar-refractivity contribution in [3.63, 3.8) is 0 Å². The first-order valence-electron chi connectivity index (χ1n) is 6.58. The second kappa shape index (κ2) is 5.28. The molecule has 0 fully saturated rings. The zero-order valence-electron chi connectivity index (χ0n) is 11.1. The van der Waals surface area contributed by atoms with E-state index in [2.05, 4.69) is 10.7 Å². The van der Waals surface area contributed by atoms with Crippen molar-refractivity contribution in [2.45, 2.75) is 19.8 Å². The Morgan fingerprint density at radius 1 is 1.30 bits per heavy atom. The number of rotatable bonds is 1. The molecule has 106 valence electrons. The first kappa shape index (κ1) is 13.7. The molecule has 2 heterocycles. The normalized spacial score (nSPS) is 14.9. The number of hydrogen-bond donors (Lipinski definition) is 2. The van der Waals surface area contributed by atoms with Gasteiger partial charge in [0, 0.05) is 31.0 Å². The van der Waals surface area contributed by atoms with E-state index in [1.54, 1.807) is 6.07 Å². The van der Waals surface area contributed by atoms with Crippen molar-refractivity contribution in [2.24, 2.45) is 0 Å². The van der Waals surface area contributed by atoms with Crippen molar-refractivity contribution in [1.29, 1.82) is 0 Å². The Hall–Kier alpha value is -1.23. The van der Waals surface area contributed by atoms with Gasteiger partial charge in [-0.05, 0) is 30.7 Å². The number of nitrogens with one attached hydrogen (secondary N) is 2. The van der Waals surface area contributed by atoms with Gasteiger partial charge in [0.15, 0.2) is 0 Å². The fourth-order valence-corrected chi connectivity index (χ4v) is 3.23. The summed E-state index contributed by atoms with van der Waals surface area (Å²) in [6.45, 7) is 3.29. The van der Waals surface area contributed by atoms with E-state index in [-0.39, 0.29) is 5.91 Å². The third-order valence-electron chi connectivity index (χ3n) is 3.59. The average Bonchev–Trinajstić information content (AvgIpc) is 2.57. The molecular formula is C14H15Cl2N3O. The van der Waals surface area contributed by atoms with Crippen LogP contribution in [-0.2, 0) is 17.6 Å². The molecule has 0 atom stereocenters. The van der Waals surface area contributed by atoms with Crippen LogP contribution in [0.2, 0.25) is 10.0 Å². The Labute approximate surface area is 127 Å². The molecule has 20 heavy (non-hydrogen) atoms. The van der Waals surface area contributed by atoms with Crippen LogP contribution in [0.4, 0.5) is 0 Å². The van der Waals surface area contributed by atoms with Crippen LogP contribution in [0.15, 0.2) is 12.1 Å². The number of aromatic nitrogens is 1. The van der Waals surface area contributed by atoms with E-state index in [1.807, 2.05) is 10.7 Å². The quantitative estimate of drug-likeness (QED) is 0.850. The summed E-state index contributed by atoms with van der Waals surface area (Å²) in [5, 5.41) is 5.41. The van der Waals surface area contributed by atoms with Crippen LogP contribution >= 0.6 is 23.2 Å². The maximum absolute atomic E-state index is 11.5. The molecular weight excluding hydrogens is 297 g/mol. The highest BCUT2D eigenvalue weighted by atomic mass is 35.5. The van der Waals surface area contributed by atoms with Gasteiger partial charge in [-0.15, -0.1) is 0 Å². The zero-order chi connectivity index (χ0) is 14.3. The summed E-state index contributed by atoms with van der Waals surface area (Å²) in [7, 11) is 0. The van der Waals surface area contributed by atoms with Crippen LogP contribution in [0, 0.1) is 0 Å². The molecule has 0 spiro atoms. The van der Waals surface area contributed by atoms with Gasteiger partial charge in [0.05, 0.1) is 15.6 Å². The van der Waals surface area contributed by atoms with Gasteiger partial charge in [-0.3, -0.25) is 14.9 Å². The monoisotopic (exact) mass is 311 g/mol. The van der Waals surface area contributed by atoms with Crippen molar-refractivity contribution in [2.75, 3.05) is 18.5 Å². The summed E-state index contributed by atoms with van der Waals surface area (Å²) in [5.74, 6) is -0.104. The molecule has 0 radical (unpaired) electrons. The number of hydrogen-bond acceptors (Lipinski definition) is 2. The third-order valence-corrected chi connectivity index (χ3v) is 4.40. The number of fused-ring (bicyclic) bond motifs is 3. The fourth-order valence-electron chi connectivity index (χ4n) is 2.80. The van der Waals surface area contributed by atoms with Crippen LogP contribution in [0.5, 0.6) is 0 Å². The lowest BCUT2D eigenvalue weighted by Crippen LogP contribution is -2.23. The van der Waals surface area contributed by atoms with Crippen molar-refractivity contribution in [1.82, 2.24) is 9.99 Å². The molecule has 0 saturated heterocycles. The number of halogens is 2. The number of nitrogens with zero attached hydrogens (tertiary/aromatic N) is 1. The smallest absolute Gasteiger partial charge is 0.235 e. The van der Waals surface area contributed by atoms with Crippen molar-refractivity contribution < 1.29 is 4.79 Å². The molecule has 6 heteroatoms. The van der Waals surface area contributed by atoms with Crippen LogP contribution < -0.4 is 10.7 Å². The minimum atomic E-state index is -0.104. The molecule has 0 saturated carbocycles. The topological polar surface area (TPSA) is 46.1 Å². The van der Waals surface area contributed by atoms with Crippen molar-refractivity contribution >= 4 is 40.0 Å².